The van der Waals surface area contributed by atoms with Gasteiger partial charge in [-0.3, -0.25) is 4.79 Å². The second-order valence-corrected chi connectivity index (χ2v) is 4.23. The Labute approximate surface area is 106 Å². The Morgan fingerprint density at radius 3 is 2.50 bits per heavy atom. The number of ether oxygens (including phenoxy) is 1. The second-order valence-electron chi connectivity index (χ2n) is 4.23. The minimum Gasteiger partial charge on any atom is -0.465 e. The summed E-state index contributed by atoms with van der Waals surface area (Å²) in [7, 11) is 1.35. The molecule has 4 heteroatoms. The van der Waals surface area contributed by atoms with E-state index in [2.05, 4.69) is 10.1 Å². The van der Waals surface area contributed by atoms with Crippen molar-refractivity contribution in [3.63, 3.8) is 0 Å². The number of methoxy groups -OCH3 is 1. The van der Waals surface area contributed by atoms with Crippen molar-refractivity contribution in [3.8, 4) is 0 Å². The maximum Gasteiger partial charge on any atom is 0.337 e. The van der Waals surface area contributed by atoms with Gasteiger partial charge in [-0.15, -0.1) is 0 Å². The zero-order chi connectivity index (χ0) is 13.0. The van der Waals surface area contributed by atoms with Crippen molar-refractivity contribution in [1.82, 2.24) is 5.32 Å². The predicted molar refractivity (Wildman–Crippen MR) is 68.0 cm³/mol. The summed E-state index contributed by atoms with van der Waals surface area (Å²) in [5.41, 5.74) is 1.37. The number of nitrogens with one attached hydrogen (secondary N) is 1. The van der Waals surface area contributed by atoms with Crippen LogP contribution in [0.3, 0.4) is 0 Å². The number of rotatable bonds is 4. The van der Waals surface area contributed by atoms with Gasteiger partial charge in [0, 0.05) is 12.1 Å². The molecule has 0 saturated heterocycles. The summed E-state index contributed by atoms with van der Waals surface area (Å²) >= 11 is 0. The van der Waals surface area contributed by atoms with Crippen LogP contribution in [0.25, 0.3) is 6.08 Å². The first-order valence-electron chi connectivity index (χ1n) is 5.86. The standard InChI is InChI=1S/C14H15NO3/c1-18-14(17)11-5-2-10(3-6-11)4-9-13(16)15-12-7-8-12/h2-6,9,12H,7-8H2,1H3,(H,15,16)/b9-4+. The van der Waals surface area contributed by atoms with E-state index in [1.807, 2.05) is 0 Å². The van der Waals surface area contributed by atoms with Crippen molar-refractivity contribution in [2.75, 3.05) is 7.11 Å². The minimum absolute atomic E-state index is 0.0745. The van der Waals surface area contributed by atoms with E-state index in [-0.39, 0.29) is 11.9 Å². The van der Waals surface area contributed by atoms with Crippen molar-refractivity contribution in [2.24, 2.45) is 0 Å². The summed E-state index contributed by atoms with van der Waals surface area (Å²) in [4.78, 5) is 22.6. The molecule has 1 aromatic rings. The molecule has 1 saturated carbocycles. The van der Waals surface area contributed by atoms with E-state index in [0.717, 1.165) is 18.4 Å². The Hall–Kier alpha value is -2.10. The largest absolute Gasteiger partial charge is 0.465 e. The molecule has 0 atom stereocenters. The summed E-state index contributed by atoms with van der Waals surface area (Å²) in [6.45, 7) is 0. The van der Waals surface area contributed by atoms with Crippen LogP contribution in [0.2, 0.25) is 0 Å². The number of hydrogen-bond acceptors (Lipinski definition) is 3. The molecule has 18 heavy (non-hydrogen) atoms. The van der Waals surface area contributed by atoms with Crippen molar-refractivity contribution >= 4 is 18.0 Å². The van der Waals surface area contributed by atoms with Crippen LogP contribution in [0.5, 0.6) is 0 Å². The van der Waals surface area contributed by atoms with Gasteiger partial charge in [0.25, 0.3) is 0 Å². The van der Waals surface area contributed by atoms with Gasteiger partial charge < -0.3 is 10.1 Å². The van der Waals surface area contributed by atoms with Gasteiger partial charge >= 0.3 is 5.97 Å². The third-order valence-electron chi connectivity index (χ3n) is 2.68. The molecule has 1 amide bonds. The van der Waals surface area contributed by atoms with E-state index >= 15 is 0 Å². The third-order valence-corrected chi connectivity index (χ3v) is 2.68. The molecule has 0 unspecified atom stereocenters. The van der Waals surface area contributed by atoms with Crippen LogP contribution in [0.1, 0.15) is 28.8 Å². The molecule has 1 aliphatic carbocycles. The van der Waals surface area contributed by atoms with Gasteiger partial charge in [-0.25, -0.2) is 4.79 Å². The van der Waals surface area contributed by atoms with Crippen LogP contribution < -0.4 is 5.32 Å². The number of benzene rings is 1. The molecular weight excluding hydrogens is 230 g/mol. The predicted octanol–water partition coefficient (Wildman–Crippen LogP) is 1.76. The first-order valence-corrected chi connectivity index (χ1v) is 5.86. The quantitative estimate of drug-likeness (QED) is 0.649. The zero-order valence-electron chi connectivity index (χ0n) is 10.2. The molecule has 94 valence electrons. The van der Waals surface area contributed by atoms with Gasteiger partial charge in [-0.05, 0) is 36.6 Å². The first kappa shape index (κ1) is 12.4. The number of esters is 1. The maximum absolute atomic E-state index is 11.4. The highest BCUT2D eigenvalue weighted by molar-refractivity contribution is 5.92. The highest BCUT2D eigenvalue weighted by Crippen LogP contribution is 2.18. The average Bonchev–Trinajstić information content (AvgIpc) is 3.20. The Morgan fingerprint density at radius 2 is 1.94 bits per heavy atom. The van der Waals surface area contributed by atoms with E-state index in [1.54, 1.807) is 30.3 Å². The Balaban J connectivity index is 1.94. The molecular formula is C14H15NO3. The lowest BCUT2D eigenvalue weighted by Crippen LogP contribution is -2.22. The van der Waals surface area contributed by atoms with Crippen molar-refractivity contribution in [1.29, 1.82) is 0 Å². The topological polar surface area (TPSA) is 55.4 Å². The lowest BCUT2D eigenvalue weighted by Gasteiger charge is -2.00. The Bertz CT molecular complexity index is 472. The average molecular weight is 245 g/mol. The van der Waals surface area contributed by atoms with Gasteiger partial charge in [0.05, 0.1) is 12.7 Å². The Kier molecular flexibility index (Phi) is 3.77. The second kappa shape index (κ2) is 5.49. The van der Waals surface area contributed by atoms with Crippen LogP contribution >= 0.6 is 0 Å². The van der Waals surface area contributed by atoms with Crippen molar-refractivity contribution < 1.29 is 14.3 Å². The van der Waals surface area contributed by atoms with Gasteiger partial charge in [-0.2, -0.15) is 0 Å². The highest BCUT2D eigenvalue weighted by Gasteiger charge is 2.21. The first-order chi connectivity index (χ1) is 8.69. The van der Waals surface area contributed by atoms with Crippen LogP contribution in [0.4, 0.5) is 0 Å². The van der Waals surface area contributed by atoms with Gasteiger partial charge in [0.15, 0.2) is 0 Å². The molecule has 4 nitrogen and oxygen atoms in total. The van der Waals surface area contributed by atoms with E-state index in [9.17, 15) is 9.59 Å². The summed E-state index contributed by atoms with van der Waals surface area (Å²) in [6.07, 6.45) is 5.38. The molecule has 0 spiro atoms. The fourth-order valence-electron chi connectivity index (χ4n) is 1.50. The lowest BCUT2D eigenvalue weighted by atomic mass is 10.1. The normalized spacial score (nSPS) is 14.5. The summed E-state index contributed by atoms with van der Waals surface area (Å²) in [5.74, 6) is -0.438. The molecule has 1 aliphatic rings. The third kappa shape index (κ3) is 3.45. The molecule has 0 radical (unpaired) electrons. The smallest absolute Gasteiger partial charge is 0.337 e. The SMILES string of the molecule is COC(=O)c1ccc(/C=C/C(=O)NC2CC2)cc1. The van der Waals surface area contributed by atoms with Gasteiger partial charge in [0.1, 0.15) is 0 Å². The van der Waals surface area contributed by atoms with Crippen LogP contribution in [-0.2, 0) is 9.53 Å². The Morgan fingerprint density at radius 1 is 1.28 bits per heavy atom. The van der Waals surface area contributed by atoms with Gasteiger partial charge in [-0.1, -0.05) is 12.1 Å². The van der Waals surface area contributed by atoms with Crippen molar-refractivity contribution in [3.05, 3.63) is 41.5 Å². The fourth-order valence-corrected chi connectivity index (χ4v) is 1.50. The highest BCUT2D eigenvalue weighted by atomic mass is 16.5. The summed E-state index contributed by atoms with van der Waals surface area (Å²) in [5, 5.41) is 2.86. The molecule has 0 aliphatic heterocycles. The molecule has 0 heterocycles. The number of carbonyl (C=O) groups is 2. The van der Waals surface area contributed by atoms with Crippen molar-refractivity contribution in [2.45, 2.75) is 18.9 Å². The van der Waals surface area contributed by atoms with E-state index in [4.69, 9.17) is 0 Å². The number of hydrogen-bond donors (Lipinski definition) is 1. The van der Waals surface area contributed by atoms with Crippen LogP contribution in [-0.4, -0.2) is 25.0 Å². The van der Waals surface area contributed by atoms with E-state index in [1.165, 1.54) is 13.2 Å². The van der Waals surface area contributed by atoms with Crippen LogP contribution in [0, 0.1) is 0 Å². The summed E-state index contributed by atoms with van der Waals surface area (Å²) < 4.78 is 4.60. The van der Waals surface area contributed by atoms with Gasteiger partial charge in [0.2, 0.25) is 5.91 Å². The number of carbonyl (C=O) groups excluding carboxylic acids is 2. The van der Waals surface area contributed by atoms with Crippen LogP contribution in [0.15, 0.2) is 30.3 Å². The monoisotopic (exact) mass is 245 g/mol. The molecule has 1 aromatic carbocycles. The lowest BCUT2D eigenvalue weighted by molar-refractivity contribution is -0.116. The molecule has 0 aromatic heterocycles. The molecule has 1 N–H and O–H groups in total. The molecule has 0 bridgehead atoms. The van der Waals surface area contributed by atoms with E-state index < -0.39 is 0 Å². The zero-order valence-corrected chi connectivity index (χ0v) is 10.2. The summed E-state index contributed by atoms with van der Waals surface area (Å²) in [6, 6.07) is 7.25. The maximum atomic E-state index is 11.4. The molecule has 1 fully saturated rings. The molecule has 2 rings (SSSR count). The fraction of sp³-hybridized carbons (Fsp3) is 0.286. The number of amides is 1. The minimum atomic E-state index is -0.364. The van der Waals surface area contributed by atoms with E-state index in [0.29, 0.717) is 11.6 Å².